The summed E-state index contributed by atoms with van der Waals surface area (Å²) in [6.45, 7) is 3.49. The van der Waals surface area contributed by atoms with Gasteiger partial charge in [0.25, 0.3) is 0 Å². The number of hydroxylamine groups is 1. The van der Waals surface area contributed by atoms with Crippen LogP contribution in [0.25, 0.3) is 0 Å². The second kappa shape index (κ2) is 19.5. The van der Waals surface area contributed by atoms with Gasteiger partial charge in [0.05, 0.1) is 17.8 Å². The average Bonchev–Trinajstić information content (AvgIpc) is 3.12. The normalized spacial score (nSPS) is 13.4. The molecule has 2 aromatic carbocycles. The van der Waals surface area contributed by atoms with Crippen LogP contribution in [-0.2, 0) is 45.2 Å². The maximum Gasteiger partial charge on any atom is 0.408 e. The first kappa shape index (κ1) is 36.5. The monoisotopic (exact) mass is 669 g/mol. The number of rotatable bonds is 17. The quantitative estimate of drug-likeness (QED) is 0.0919. The van der Waals surface area contributed by atoms with Gasteiger partial charge in [0.1, 0.15) is 19.3 Å². The number of aliphatic hydroxyl groups excluding tert-OH is 1. The van der Waals surface area contributed by atoms with E-state index in [2.05, 4.69) is 26.1 Å². The van der Waals surface area contributed by atoms with Gasteiger partial charge in [-0.15, -0.1) is 5.48 Å². The Morgan fingerprint density at radius 1 is 0.735 bits per heavy atom. The van der Waals surface area contributed by atoms with Crippen LogP contribution in [0.5, 0.6) is 0 Å². The largest absolute Gasteiger partial charge is 0.445 e. The number of amides is 2. The zero-order valence-corrected chi connectivity index (χ0v) is 27.6. The molecule has 0 unspecified atom stereocenters. The number of carbonyl (C=O) groups excluding carboxylic acids is 3. The minimum absolute atomic E-state index is 0.0379. The number of hydrogen-bond acceptors (Lipinski definition) is 10. The summed E-state index contributed by atoms with van der Waals surface area (Å²) in [6.07, 6.45) is 3.12. The summed E-state index contributed by atoms with van der Waals surface area (Å²) < 4.78 is 10.7. The molecule has 4 N–H and O–H groups in total. The molecular formula is C37H43N5O7. The van der Waals surface area contributed by atoms with Crippen LogP contribution in [0, 0.1) is 5.92 Å². The van der Waals surface area contributed by atoms with Crippen LogP contribution in [0.2, 0.25) is 0 Å². The van der Waals surface area contributed by atoms with E-state index < -0.39 is 42.4 Å². The lowest BCUT2D eigenvalue weighted by Gasteiger charge is -2.28. The summed E-state index contributed by atoms with van der Waals surface area (Å²) in [6, 6.07) is 25.4. The van der Waals surface area contributed by atoms with E-state index in [0.29, 0.717) is 18.5 Å². The molecule has 0 aliphatic rings. The van der Waals surface area contributed by atoms with Crippen molar-refractivity contribution in [3.8, 4) is 0 Å². The lowest BCUT2D eigenvalue weighted by Crippen LogP contribution is -2.51. The highest BCUT2D eigenvalue weighted by Gasteiger charge is 2.30. The van der Waals surface area contributed by atoms with E-state index in [1.807, 2.05) is 60.7 Å². The Morgan fingerprint density at radius 3 is 2.00 bits per heavy atom. The molecule has 2 amide bonds. The Labute approximate surface area is 286 Å². The number of nitrogens with one attached hydrogen (secondary N) is 3. The first-order valence-electron chi connectivity index (χ1n) is 16.1. The topological polar surface area (TPSA) is 161 Å². The van der Waals surface area contributed by atoms with Crippen molar-refractivity contribution in [2.24, 2.45) is 5.92 Å². The predicted octanol–water partition coefficient (Wildman–Crippen LogP) is 4.68. The fourth-order valence-electron chi connectivity index (χ4n) is 5.00. The number of hydrogen-bond donors (Lipinski definition) is 4. The summed E-state index contributed by atoms with van der Waals surface area (Å²) in [5.41, 5.74) is 5.88. The van der Waals surface area contributed by atoms with E-state index in [-0.39, 0.29) is 25.6 Å². The lowest BCUT2D eigenvalue weighted by molar-refractivity contribution is -0.158. The standard InChI is InChI=1S/C37H43N5O7/c1-26(2)34(41-37(46)48-25-30-17-9-10-19-39-30)35(44)49-42-32(21-28-14-7-4-8-15-28)33(43)22-31(20-27-12-5-3-6-13-27)40-36(45)47-24-29-16-11-18-38-23-29/h3-19,23,26,31-34,42-43H,20-22,24-25H2,1-2H3,(H,40,45)(H,41,46)/t31-,32-,33-,34-/m0/s1. The van der Waals surface area contributed by atoms with Crippen molar-refractivity contribution < 1.29 is 33.8 Å². The molecular weight excluding hydrogens is 626 g/mol. The van der Waals surface area contributed by atoms with Crippen molar-refractivity contribution in [3.63, 3.8) is 0 Å². The predicted molar refractivity (Wildman–Crippen MR) is 181 cm³/mol. The van der Waals surface area contributed by atoms with Crippen LogP contribution in [-0.4, -0.2) is 57.5 Å². The van der Waals surface area contributed by atoms with E-state index in [1.54, 1.807) is 62.8 Å². The molecule has 258 valence electrons. The first-order chi connectivity index (χ1) is 23.8. The molecule has 0 fully saturated rings. The molecule has 4 atom stereocenters. The van der Waals surface area contributed by atoms with Crippen LogP contribution >= 0.6 is 0 Å². The third-order valence-electron chi connectivity index (χ3n) is 7.61. The smallest absolute Gasteiger partial charge is 0.408 e. The highest BCUT2D eigenvalue weighted by Crippen LogP contribution is 2.15. The maximum absolute atomic E-state index is 13.2. The van der Waals surface area contributed by atoms with E-state index in [9.17, 15) is 19.5 Å². The Kier molecular flexibility index (Phi) is 14.5. The molecule has 4 aromatic rings. The van der Waals surface area contributed by atoms with Crippen LogP contribution < -0.4 is 16.1 Å². The molecule has 12 nitrogen and oxygen atoms in total. The summed E-state index contributed by atoms with van der Waals surface area (Å²) in [5.74, 6) is -1.10. The average molecular weight is 670 g/mol. The summed E-state index contributed by atoms with van der Waals surface area (Å²) in [5, 5.41) is 17.0. The van der Waals surface area contributed by atoms with E-state index >= 15 is 0 Å². The van der Waals surface area contributed by atoms with Gasteiger partial charge in [0.15, 0.2) is 0 Å². The SMILES string of the molecule is CC(C)[C@H](NC(=O)OCc1ccccn1)C(=O)ON[C@@H](Cc1ccccc1)[C@@H](O)C[C@H](Cc1ccccc1)NC(=O)OCc1cccnc1. The number of alkyl carbamates (subject to hydrolysis) is 2. The molecule has 0 radical (unpaired) electrons. The molecule has 49 heavy (non-hydrogen) atoms. The van der Waals surface area contributed by atoms with Crippen molar-refractivity contribution >= 4 is 18.2 Å². The molecule has 0 aliphatic carbocycles. The van der Waals surface area contributed by atoms with Gasteiger partial charge in [-0.05, 0) is 54.5 Å². The van der Waals surface area contributed by atoms with Gasteiger partial charge < -0.3 is 30.1 Å². The van der Waals surface area contributed by atoms with E-state index in [4.69, 9.17) is 14.3 Å². The van der Waals surface area contributed by atoms with Crippen molar-refractivity contribution in [2.45, 2.75) is 70.6 Å². The molecule has 0 saturated heterocycles. The zero-order chi connectivity index (χ0) is 34.8. The Morgan fingerprint density at radius 2 is 1.37 bits per heavy atom. The summed E-state index contributed by atoms with van der Waals surface area (Å²) in [4.78, 5) is 52.3. The number of aromatic nitrogens is 2. The molecule has 2 aromatic heterocycles. The van der Waals surface area contributed by atoms with Gasteiger partial charge in [0.2, 0.25) is 0 Å². The third kappa shape index (κ3) is 13.0. The van der Waals surface area contributed by atoms with E-state index in [0.717, 1.165) is 16.7 Å². The van der Waals surface area contributed by atoms with Crippen molar-refractivity contribution in [1.82, 2.24) is 26.1 Å². The van der Waals surface area contributed by atoms with Gasteiger partial charge in [-0.25, -0.2) is 14.4 Å². The summed E-state index contributed by atoms with van der Waals surface area (Å²) in [7, 11) is 0. The van der Waals surface area contributed by atoms with Crippen LogP contribution in [0.15, 0.2) is 110 Å². The van der Waals surface area contributed by atoms with Gasteiger partial charge in [-0.2, -0.15) is 0 Å². The first-order valence-corrected chi connectivity index (χ1v) is 16.1. The molecule has 0 bridgehead atoms. The second-order valence-electron chi connectivity index (χ2n) is 11.9. The number of carbonyl (C=O) groups is 3. The van der Waals surface area contributed by atoms with Crippen LogP contribution in [0.1, 0.15) is 42.7 Å². The fourth-order valence-corrected chi connectivity index (χ4v) is 5.00. The highest BCUT2D eigenvalue weighted by atomic mass is 16.7. The number of benzene rings is 2. The lowest BCUT2D eigenvalue weighted by atomic mass is 9.94. The van der Waals surface area contributed by atoms with Crippen molar-refractivity contribution in [2.75, 3.05) is 0 Å². The summed E-state index contributed by atoms with van der Waals surface area (Å²) >= 11 is 0. The van der Waals surface area contributed by atoms with Gasteiger partial charge in [0, 0.05) is 30.2 Å². The Bertz CT molecular complexity index is 1560. The number of nitrogens with zero attached hydrogens (tertiary/aromatic N) is 2. The fraction of sp³-hybridized carbons (Fsp3) is 0.324. The molecule has 2 heterocycles. The molecule has 4 rings (SSSR count). The van der Waals surface area contributed by atoms with Crippen LogP contribution in [0.4, 0.5) is 9.59 Å². The number of ether oxygens (including phenoxy) is 2. The highest BCUT2D eigenvalue weighted by molar-refractivity contribution is 5.81. The van der Waals surface area contributed by atoms with Gasteiger partial charge >= 0.3 is 18.2 Å². The number of pyridine rings is 2. The molecule has 12 heteroatoms. The molecule has 0 spiro atoms. The maximum atomic E-state index is 13.2. The van der Waals surface area contributed by atoms with Crippen molar-refractivity contribution in [3.05, 3.63) is 132 Å². The van der Waals surface area contributed by atoms with Crippen LogP contribution in [0.3, 0.4) is 0 Å². The molecule has 0 saturated carbocycles. The minimum atomic E-state index is -1.09. The zero-order valence-electron chi connectivity index (χ0n) is 27.6. The van der Waals surface area contributed by atoms with E-state index in [1.165, 1.54) is 0 Å². The van der Waals surface area contributed by atoms with Gasteiger partial charge in [-0.1, -0.05) is 86.6 Å². The number of aliphatic hydroxyl groups is 1. The third-order valence-corrected chi connectivity index (χ3v) is 7.61. The minimum Gasteiger partial charge on any atom is -0.445 e. The Hall–Kier alpha value is -5.33. The second-order valence-corrected chi connectivity index (χ2v) is 11.9. The molecule has 0 aliphatic heterocycles. The van der Waals surface area contributed by atoms with Crippen molar-refractivity contribution in [1.29, 1.82) is 0 Å². The van der Waals surface area contributed by atoms with Gasteiger partial charge in [-0.3, -0.25) is 9.97 Å². The Balaban J connectivity index is 1.42.